The van der Waals surface area contributed by atoms with Crippen molar-refractivity contribution in [3.8, 4) is 23.0 Å². The molecule has 6 aromatic carbocycles. The second-order valence-electron chi connectivity index (χ2n) is 12.8. The number of phenols is 2. The highest BCUT2D eigenvalue weighted by molar-refractivity contribution is 7.86. The molecule has 6 aromatic rings. The molecule has 11 N–H and O–H groups in total. The van der Waals surface area contributed by atoms with Gasteiger partial charge < -0.3 is 47.0 Å². The van der Waals surface area contributed by atoms with Gasteiger partial charge in [0.15, 0.2) is 11.5 Å². The van der Waals surface area contributed by atoms with E-state index in [1.807, 2.05) is 0 Å². The number of nitrogens with one attached hydrogen (secondary N) is 1. The van der Waals surface area contributed by atoms with Gasteiger partial charge in [-0.15, -0.1) is 20.5 Å². The summed E-state index contributed by atoms with van der Waals surface area (Å²) in [5.41, 5.74) is 11.6. The van der Waals surface area contributed by atoms with E-state index in [-0.39, 0.29) is 61.0 Å². The number of nitrogen functional groups attached to an aromatic ring is 2. The van der Waals surface area contributed by atoms with Crippen molar-refractivity contribution in [1.29, 1.82) is 0 Å². The van der Waals surface area contributed by atoms with Crippen LogP contribution in [0.4, 0.5) is 45.5 Å². The van der Waals surface area contributed by atoms with Crippen LogP contribution in [0.25, 0.3) is 21.5 Å². The van der Waals surface area contributed by atoms with Crippen molar-refractivity contribution in [2.75, 3.05) is 36.3 Å². The topological polar surface area (TPSA) is 416 Å². The summed E-state index contributed by atoms with van der Waals surface area (Å²) >= 11 is 0. The Labute approximate surface area is 355 Å². The number of methoxy groups -OCH3 is 2. The molecule has 332 valence electrons. The number of ether oxygens (including phenoxy) is 2. The minimum absolute atomic E-state index is 0.0710. The molecule has 0 spiro atoms. The lowest BCUT2D eigenvalue weighted by Gasteiger charge is -2.32. The first-order chi connectivity index (χ1) is 29.2. The average molecular weight is 950 g/mol. The number of hydrogen-bond donors (Lipinski definition) is 9. The van der Waals surface area contributed by atoms with Crippen LogP contribution in [0, 0.1) is 5.21 Å². The predicted molar refractivity (Wildman–Crippen MR) is 223 cm³/mol. The van der Waals surface area contributed by atoms with Crippen LogP contribution in [0.15, 0.2) is 113 Å². The number of fused-ring (bicyclic) bond motifs is 2. The van der Waals surface area contributed by atoms with E-state index in [2.05, 4.69) is 25.9 Å². The van der Waals surface area contributed by atoms with Crippen LogP contribution in [0.3, 0.4) is 0 Å². The number of hydrogen-bond acceptors (Lipinski definition) is 21. The molecule has 0 atom stereocenters. The molecule has 0 bridgehead atoms. The van der Waals surface area contributed by atoms with Gasteiger partial charge in [0, 0.05) is 40.0 Å². The molecule has 0 unspecified atom stereocenters. The summed E-state index contributed by atoms with van der Waals surface area (Å²) in [6.45, 7) is 0. The molecule has 0 aliphatic rings. The molecule has 0 saturated carbocycles. The zero-order chi connectivity index (χ0) is 46.6. The van der Waals surface area contributed by atoms with Crippen LogP contribution in [0.5, 0.6) is 23.0 Å². The average Bonchev–Trinajstić information content (AvgIpc) is 3.18. The molecular formula is C34H29N8O17S4-. The summed E-state index contributed by atoms with van der Waals surface area (Å²) in [5, 5.41) is 49.7. The zero-order valence-electron chi connectivity index (χ0n) is 31.6. The van der Waals surface area contributed by atoms with Gasteiger partial charge in [0.2, 0.25) is 0 Å². The van der Waals surface area contributed by atoms with Crippen molar-refractivity contribution >= 4 is 108 Å². The number of azo groups is 2. The van der Waals surface area contributed by atoms with Crippen molar-refractivity contribution in [2.24, 2.45) is 20.5 Å². The summed E-state index contributed by atoms with van der Waals surface area (Å²) in [7, 11) is -17.6. The number of nitrogens with two attached hydrogens (primary N) is 2. The summed E-state index contributed by atoms with van der Waals surface area (Å²) in [6, 6.07) is 12.1. The van der Waals surface area contributed by atoms with Crippen molar-refractivity contribution < 1.29 is 71.6 Å². The molecule has 0 heterocycles. The Morgan fingerprint density at radius 1 is 0.571 bits per heavy atom. The van der Waals surface area contributed by atoms with Crippen LogP contribution < -0.4 is 31.5 Å². The Morgan fingerprint density at radius 3 is 1.38 bits per heavy atom. The molecule has 0 aliphatic heterocycles. The maximum absolute atomic E-state index is 13.2. The van der Waals surface area contributed by atoms with Crippen LogP contribution >= 0.6 is 0 Å². The Bertz CT molecular complexity index is 3420. The number of anilines is 4. The largest absolute Gasteiger partial charge is 0.739 e. The van der Waals surface area contributed by atoms with Crippen LogP contribution in [0.2, 0.25) is 0 Å². The lowest BCUT2D eigenvalue weighted by atomic mass is 10.1. The number of phenolic OH excluding ortho intramolecular Hbond substituents is 2. The van der Waals surface area contributed by atoms with E-state index in [1.165, 1.54) is 50.6 Å². The first-order valence-corrected chi connectivity index (χ1v) is 22.5. The van der Waals surface area contributed by atoms with E-state index in [0.717, 1.165) is 36.4 Å². The minimum atomic E-state index is -5.16. The smallest absolute Gasteiger partial charge is 0.296 e. The third-order valence-corrected chi connectivity index (χ3v) is 12.2. The van der Waals surface area contributed by atoms with Crippen molar-refractivity contribution in [2.45, 2.75) is 19.6 Å². The number of nitrogens with zero attached hydrogens (tertiary/aromatic N) is 5. The first-order valence-electron chi connectivity index (χ1n) is 16.7. The molecule has 25 nitrogen and oxygen atoms in total. The van der Waals surface area contributed by atoms with Crippen LogP contribution in [-0.4, -0.2) is 76.3 Å². The second-order valence-corrected chi connectivity index (χ2v) is 18.4. The lowest BCUT2D eigenvalue weighted by molar-refractivity contribution is 0.415. The van der Waals surface area contributed by atoms with Gasteiger partial charge in [-0.25, -0.2) is 0 Å². The number of rotatable bonds is 13. The number of aromatic hydroxyl groups is 2. The number of hydrazine groups is 1. The summed E-state index contributed by atoms with van der Waals surface area (Å²) in [6.07, 6.45) is 0. The van der Waals surface area contributed by atoms with Gasteiger partial charge in [-0.3, -0.25) is 18.2 Å². The highest BCUT2D eigenvalue weighted by Gasteiger charge is 2.27. The quantitative estimate of drug-likeness (QED) is 0.0288. The van der Waals surface area contributed by atoms with E-state index < -0.39 is 94.3 Å². The van der Waals surface area contributed by atoms with E-state index in [0.29, 0.717) is 0 Å². The van der Waals surface area contributed by atoms with Gasteiger partial charge >= 0.3 is 0 Å². The highest BCUT2D eigenvalue weighted by Crippen LogP contribution is 2.47. The Hall–Kier alpha value is -6.96. The van der Waals surface area contributed by atoms with Crippen LogP contribution in [-0.2, 0) is 40.5 Å². The monoisotopic (exact) mass is 949 g/mol. The Morgan fingerprint density at radius 2 is 0.984 bits per heavy atom. The summed E-state index contributed by atoms with van der Waals surface area (Å²) in [5.74, 6) is -2.06. The fourth-order valence-corrected chi connectivity index (χ4v) is 8.38. The standard InChI is InChI=1S/C34H29N8O17S4/c1-58-25-11-17(3-5-23(25)37-39-31-27(62(52,53)54)9-15-7-19(60(46,47)48)13-21(35)29(15)33(31)43)41-42(45)18-4-6-24(26(12-18)59-2)38-40-32-28(63(55,56)57)10-16-8-20(61(49,50)51)14-22(36)30(16)34(32)44/h3-14,41,43-44H,35-36H2,1-2H3,(H,46,47,48)(H,49,50,51)(H,52,53,54)(H,55,56,57)/q-1. The molecule has 0 radical (unpaired) electrons. The van der Waals surface area contributed by atoms with E-state index >= 15 is 0 Å². The van der Waals surface area contributed by atoms with Crippen molar-refractivity contribution in [1.82, 2.24) is 0 Å². The molecule has 0 fully saturated rings. The van der Waals surface area contributed by atoms with Crippen molar-refractivity contribution in [3.05, 3.63) is 78.0 Å². The maximum atomic E-state index is 13.2. The SMILES string of the molecule is COc1cc(NN([O-])c2ccc(N=Nc3c(S(=O)(=O)O)cc4cc(S(=O)(=O)O)cc(N)c4c3O)c(OC)c2)ccc1N=Nc1c(S(=O)(=O)O)cc2cc(S(=O)(=O)O)cc(N)c2c1O. The molecular weight excluding hydrogens is 921 g/mol. The first kappa shape index (κ1) is 45.6. The molecule has 0 amide bonds. The second kappa shape index (κ2) is 16.4. The van der Waals surface area contributed by atoms with Gasteiger partial charge in [0.25, 0.3) is 40.5 Å². The third kappa shape index (κ3) is 9.30. The van der Waals surface area contributed by atoms with Crippen LogP contribution in [0.1, 0.15) is 0 Å². The molecule has 0 aromatic heterocycles. The number of benzene rings is 6. The van der Waals surface area contributed by atoms with Gasteiger partial charge in [0.05, 0.1) is 29.7 Å². The summed E-state index contributed by atoms with van der Waals surface area (Å²) in [4.78, 5) is -3.49. The molecule has 63 heavy (non-hydrogen) atoms. The van der Waals surface area contributed by atoms with Gasteiger partial charge in [-0.1, -0.05) is 0 Å². The summed E-state index contributed by atoms with van der Waals surface area (Å²) < 4.78 is 145. The molecule has 0 saturated heterocycles. The van der Waals surface area contributed by atoms with E-state index in [1.54, 1.807) is 0 Å². The fraction of sp³-hybridized carbons (Fsp3) is 0.0588. The molecule has 6 rings (SSSR count). The molecule has 0 aliphatic carbocycles. The van der Waals surface area contributed by atoms with E-state index in [4.69, 9.17) is 20.9 Å². The highest BCUT2D eigenvalue weighted by atomic mass is 32.2. The van der Waals surface area contributed by atoms with Gasteiger partial charge in [-0.05, 0) is 71.4 Å². The normalized spacial score (nSPS) is 12.7. The zero-order valence-corrected chi connectivity index (χ0v) is 34.9. The minimum Gasteiger partial charge on any atom is -0.739 e. The maximum Gasteiger partial charge on any atom is 0.296 e. The fourth-order valence-electron chi connectivity index (χ4n) is 5.96. The van der Waals surface area contributed by atoms with E-state index in [9.17, 15) is 67.3 Å². The van der Waals surface area contributed by atoms with Gasteiger partial charge in [-0.2, -0.15) is 33.7 Å². The lowest BCUT2D eigenvalue weighted by Crippen LogP contribution is -2.22. The Balaban J connectivity index is 1.29. The van der Waals surface area contributed by atoms with Crippen molar-refractivity contribution in [3.63, 3.8) is 0 Å². The molecule has 29 heteroatoms. The van der Waals surface area contributed by atoms with Gasteiger partial charge in [0.1, 0.15) is 44.0 Å². The predicted octanol–water partition coefficient (Wildman–Crippen LogP) is 5.73. The Kier molecular flexibility index (Phi) is 11.9. The third-order valence-electron chi connectivity index (χ3n) is 8.78.